The highest BCUT2D eigenvalue weighted by molar-refractivity contribution is 5.90. The van der Waals surface area contributed by atoms with Crippen LogP contribution in [0.1, 0.15) is 11.4 Å². The zero-order valence-electron chi connectivity index (χ0n) is 17.9. The minimum absolute atomic E-state index is 0.367. The highest BCUT2D eigenvalue weighted by atomic mass is 15.3. The molecule has 1 fully saturated rings. The molecule has 8 nitrogen and oxygen atoms in total. The molecule has 0 atom stereocenters. The Morgan fingerprint density at radius 2 is 1.74 bits per heavy atom. The fraction of sp³-hybridized carbons (Fsp3) is 0.304. The molecule has 1 aliphatic heterocycles. The lowest BCUT2D eigenvalue weighted by molar-refractivity contribution is 0.147. The summed E-state index contributed by atoms with van der Waals surface area (Å²) in [4.78, 5) is 14.4. The Hall–Kier alpha value is -3.36. The van der Waals surface area contributed by atoms with Crippen molar-refractivity contribution in [3.63, 3.8) is 0 Å². The maximum Gasteiger partial charge on any atom is 0.207 e. The third kappa shape index (κ3) is 3.87. The molecule has 3 aromatic heterocycles. The fourth-order valence-electron chi connectivity index (χ4n) is 4.17. The number of pyridine rings is 1. The zero-order valence-corrected chi connectivity index (χ0v) is 17.9. The van der Waals surface area contributed by atoms with E-state index >= 15 is 0 Å². The molecule has 0 bridgehead atoms. The zero-order chi connectivity index (χ0) is 21.4. The third-order valence-electron chi connectivity index (χ3n) is 5.81. The van der Waals surface area contributed by atoms with Gasteiger partial charge in [-0.25, -0.2) is 4.98 Å². The fourth-order valence-corrected chi connectivity index (χ4v) is 4.17. The van der Waals surface area contributed by atoms with Crippen LogP contribution in [0, 0.1) is 6.92 Å². The van der Waals surface area contributed by atoms with E-state index in [9.17, 15) is 0 Å². The van der Waals surface area contributed by atoms with E-state index in [4.69, 9.17) is 15.7 Å². The van der Waals surface area contributed by atoms with Gasteiger partial charge in [0.25, 0.3) is 0 Å². The van der Waals surface area contributed by atoms with Crippen molar-refractivity contribution in [1.82, 2.24) is 34.4 Å². The molecule has 5 rings (SSSR count). The van der Waals surface area contributed by atoms with Gasteiger partial charge in [-0.2, -0.15) is 0 Å². The van der Waals surface area contributed by atoms with Crippen LogP contribution in [0.5, 0.6) is 0 Å². The molecule has 1 saturated heterocycles. The second-order valence-corrected chi connectivity index (χ2v) is 8.15. The first kappa shape index (κ1) is 19.6. The molecule has 1 aliphatic rings. The Bertz CT molecular complexity index is 1210. The number of fused-ring (bicyclic) bond motifs is 1. The summed E-state index contributed by atoms with van der Waals surface area (Å²) < 4.78 is 1.73. The molecule has 2 N–H and O–H groups in total. The number of aromatic nitrogens is 5. The van der Waals surface area contributed by atoms with Crippen molar-refractivity contribution in [3.8, 4) is 22.4 Å². The van der Waals surface area contributed by atoms with Crippen molar-refractivity contribution in [2.24, 2.45) is 0 Å². The van der Waals surface area contributed by atoms with Gasteiger partial charge in [0.15, 0.2) is 5.65 Å². The van der Waals surface area contributed by atoms with Gasteiger partial charge in [-0.15, -0.1) is 10.2 Å². The van der Waals surface area contributed by atoms with Crippen LogP contribution in [0.25, 0.3) is 28.0 Å². The van der Waals surface area contributed by atoms with Gasteiger partial charge in [-0.1, -0.05) is 30.3 Å². The van der Waals surface area contributed by atoms with Crippen LogP contribution in [0.3, 0.4) is 0 Å². The maximum absolute atomic E-state index is 6.23. The Kier molecular flexibility index (Phi) is 5.09. The van der Waals surface area contributed by atoms with E-state index in [0.717, 1.165) is 66.5 Å². The lowest BCUT2D eigenvalue weighted by atomic mass is 9.99. The van der Waals surface area contributed by atoms with E-state index in [0.29, 0.717) is 11.6 Å². The minimum Gasteiger partial charge on any atom is -0.369 e. The first-order valence-electron chi connectivity index (χ1n) is 10.5. The number of aryl methyl sites for hydroxylation is 1. The normalized spacial score (nSPS) is 15.5. The van der Waals surface area contributed by atoms with E-state index in [1.807, 2.05) is 37.3 Å². The first-order valence-corrected chi connectivity index (χ1v) is 10.5. The Labute approximate surface area is 181 Å². The number of hydrogen-bond donors (Lipinski definition) is 1. The molecule has 0 radical (unpaired) electrons. The summed E-state index contributed by atoms with van der Waals surface area (Å²) in [6.07, 6.45) is 1.61. The van der Waals surface area contributed by atoms with E-state index in [-0.39, 0.29) is 0 Å². The number of nitrogen functional groups attached to an aromatic ring is 1. The van der Waals surface area contributed by atoms with Gasteiger partial charge < -0.3 is 10.6 Å². The summed E-state index contributed by atoms with van der Waals surface area (Å²) in [7, 11) is 2.17. The first-order chi connectivity index (χ1) is 15.1. The van der Waals surface area contributed by atoms with Crippen LogP contribution < -0.4 is 5.73 Å². The highest BCUT2D eigenvalue weighted by Crippen LogP contribution is 2.35. The molecule has 158 valence electrons. The molecule has 8 heteroatoms. The van der Waals surface area contributed by atoms with Crippen molar-refractivity contribution >= 4 is 11.6 Å². The Morgan fingerprint density at radius 1 is 0.968 bits per heavy atom. The highest BCUT2D eigenvalue weighted by Gasteiger charge is 2.20. The number of nitrogens with two attached hydrogens (primary N) is 1. The predicted octanol–water partition coefficient (Wildman–Crippen LogP) is 2.49. The summed E-state index contributed by atoms with van der Waals surface area (Å²) >= 11 is 0. The van der Waals surface area contributed by atoms with Gasteiger partial charge in [0, 0.05) is 44.0 Å². The molecule has 1 aromatic carbocycles. The average Bonchev–Trinajstić information content (AvgIpc) is 3.26. The van der Waals surface area contributed by atoms with Crippen molar-refractivity contribution in [3.05, 3.63) is 60.2 Å². The summed E-state index contributed by atoms with van der Waals surface area (Å²) in [6.45, 7) is 7.13. The quantitative estimate of drug-likeness (QED) is 0.549. The summed E-state index contributed by atoms with van der Waals surface area (Å²) in [5.41, 5.74) is 12.7. The molecule has 0 amide bonds. The van der Waals surface area contributed by atoms with Gasteiger partial charge >= 0.3 is 0 Å². The maximum atomic E-state index is 6.23. The smallest absolute Gasteiger partial charge is 0.207 e. The number of rotatable bonds is 4. The SMILES string of the molecule is Cc1cc(-c2c(-c3ccccc3)nc(N)n3cnnc23)cc(CN2CCN(C)CC2)n1. The molecule has 0 unspecified atom stereocenters. The molecule has 0 saturated carbocycles. The van der Waals surface area contributed by atoms with E-state index < -0.39 is 0 Å². The van der Waals surface area contributed by atoms with Crippen LogP contribution in [-0.2, 0) is 6.54 Å². The molecule has 4 heterocycles. The topological polar surface area (TPSA) is 88.5 Å². The number of anilines is 1. The van der Waals surface area contributed by atoms with E-state index in [1.165, 1.54) is 0 Å². The summed E-state index contributed by atoms with van der Waals surface area (Å²) in [5.74, 6) is 0.367. The monoisotopic (exact) mass is 414 g/mol. The largest absolute Gasteiger partial charge is 0.369 e. The number of benzene rings is 1. The Balaban J connectivity index is 1.63. The van der Waals surface area contributed by atoms with Crippen molar-refractivity contribution in [2.75, 3.05) is 39.0 Å². The average molecular weight is 415 g/mol. The van der Waals surface area contributed by atoms with Crippen molar-refractivity contribution in [2.45, 2.75) is 13.5 Å². The van der Waals surface area contributed by atoms with Crippen LogP contribution in [-0.4, -0.2) is 67.6 Å². The van der Waals surface area contributed by atoms with Gasteiger partial charge in [-0.3, -0.25) is 14.3 Å². The van der Waals surface area contributed by atoms with Crippen LogP contribution in [0.2, 0.25) is 0 Å². The summed E-state index contributed by atoms with van der Waals surface area (Å²) in [6, 6.07) is 14.3. The number of piperazine rings is 1. The molecular weight excluding hydrogens is 388 g/mol. The molecule has 4 aromatic rings. The standard InChI is InChI=1S/C23H26N8/c1-16-12-18(13-19(26-16)14-30-10-8-29(2)9-11-30)20-21(17-6-4-3-5-7-17)27-23(24)31-15-25-28-22(20)31/h3-7,12-13,15H,8-11,14H2,1-2H3,(H2,24,27). The van der Waals surface area contributed by atoms with Crippen LogP contribution in [0.15, 0.2) is 48.8 Å². The molecule has 31 heavy (non-hydrogen) atoms. The van der Waals surface area contributed by atoms with Crippen molar-refractivity contribution in [1.29, 1.82) is 0 Å². The van der Waals surface area contributed by atoms with Crippen molar-refractivity contribution < 1.29 is 0 Å². The lowest BCUT2D eigenvalue weighted by Crippen LogP contribution is -2.44. The van der Waals surface area contributed by atoms with Gasteiger partial charge in [0.05, 0.1) is 17.0 Å². The minimum atomic E-state index is 0.367. The number of hydrogen-bond acceptors (Lipinski definition) is 7. The van der Waals surface area contributed by atoms with Crippen LogP contribution >= 0.6 is 0 Å². The van der Waals surface area contributed by atoms with Gasteiger partial charge in [0.1, 0.15) is 6.33 Å². The number of nitrogens with zero attached hydrogens (tertiary/aromatic N) is 7. The third-order valence-corrected chi connectivity index (χ3v) is 5.81. The Morgan fingerprint density at radius 3 is 2.52 bits per heavy atom. The van der Waals surface area contributed by atoms with E-state index in [2.05, 4.69) is 39.2 Å². The number of likely N-dealkylation sites (N-methyl/N-ethyl adjacent to an activating group) is 1. The summed E-state index contributed by atoms with van der Waals surface area (Å²) in [5, 5.41) is 8.48. The van der Waals surface area contributed by atoms with Gasteiger partial charge in [-0.05, 0) is 31.7 Å². The predicted molar refractivity (Wildman–Crippen MR) is 121 cm³/mol. The molecule has 0 aliphatic carbocycles. The van der Waals surface area contributed by atoms with Crippen LogP contribution in [0.4, 0.5) is 5.95 Å². The second-order valence-electron chi connectivity index (χ2n) is 8.15. The second kappa shape index (κ2) is 8.05. The lowest BCUT2D eigenvalue weighted by Gasteiger charge is -2.32. The molecule has 0 spiro atoms. The molecular formula is C23H26N8. The van der Waals surface area contributed by atoms with E-state index in [1.54, 1.807) is 10.7 Å². The van der Waals surface area contributed by atoms with Gasteiger partial charge in [0.2, 0.25) is 5.95 Å².